The lowest BCUT2D eigenvalue weighted by molar-refractivity contribution is 0.638. The van der Waals surface area contributed by atoms with E-state index in [0.717, 1.165) is 3.58 Å². The topological polar surface area (TPSA) is 9.23 Å². The molecule has 0 aromatic rings. The molecule has 0 saturated carbocycles. The number of rotatable bonds is 2. The van der Waals surface area contributed by atoms with Gasteiger partial charge in [-0.2, -0.15) is 0 Å². The molecule has 0 bridgehead atoms. The second-order valence-electron chi connectivity index (χ2n) is 1.53. The fraction of sp³-hybridized carbons (Fsp3) is 0. The largest absolute Gasteiger partial charge is 0.427 e. The summed E-state index contributed by atoms with van der Waals surface area (Å²) in [5.41, 5.74) is 2.88. The average Bonchev–Trinajstić information content (AvgIpc) is 2.09. The lowest BCUT2D eigenvalue weighted by Gasteiger charge is -1.78. The Labute approximate surface area is 100 Å². The van der Waals surface area contributed by atoms with Gasteiger partial charge in [0.25, 0.3) is 0 Å². The normalized spacial score (nSPS) is 7.83. The lowest BCUT2D eigenvalue weighted by atomic mass is 10.4. The highest BCUT2D eigenvalue weighted by molar-refractivity contribution is 14.1. The molecule has 3 heteroatoms. The molecule has 0 atom stereocenters. The highest BCUT2D eigenvalue weighted by Crippen LogP contribution is 2.04. The molecule has 0 radical (unpaired) electrons. The Kier molecular flexibility index (Phi) is 8.78. The van der Waals surface area contributed by atoms with Gasteiger partial charge in [0.15, 0.2) is 23.0 Å². The Morgan fingerprint density at radius 2 is 2.17 bits per heavy atom. The van der Waals surface area contributed by atoms with Gasteiger partial charge in [0, 0.05) is 0 Å². The van der Waals surface area contributed by atoms with Gasteiger partial charge in [-0.15, -0.1) is 0 Å². The summed E-state index contributed by atoms with van der Waals surface area (Å²) in [6, 6.07) is 0. The highest BCUT2D eigenvalue weighted by Gasteiger charge is 1.76. The van der Waals surface area contributed by atoms with Crippen molar-refractivity contribution in [2.24, 2.45) is 0 Å². The molecular weight excluding hydrogens is 378 g/mol. The molecule has 0 aromatic heterocycles. The van der Waals surface area contributed by atoms with Crippen LogP contribution in [0.3, 0.4) is 0 Å². The molecule has 1 nitrogen and oxygen atoms in total. The summed E-state index contributed by atoms with van der Waals surface area (Å²) in [6.45, 7) is 3.47. The van der Waals surface area contributed by atoms with Crippen LogP contribution in [-0.2, 0) is 3.07 Å². The minimum absolute atomic E-state index is 0.933. The fourth-order valence-electron chi connectivity index (χ4n) is 0.349. The summed E-state index contributed by atoms with van der Waals surface area (Å²) in [4.78, 5) is 0. The number of hydrogen-bond acceptors (Lipinski definition) is 1. The Balaban J connectivity index is 4.16. The number of halogens is 2. The van der Waals surface area contributed by atoms with Crippen LogP contribution in [0.15, 0.2) is 40.4 Å². The molecule has 0 fully saturated rings. The van der Waals surface area contributed by atoms with E-state index < -0.39 is 0 Å². The zero-order valence-electron chi connectivity index (χ0n) is 6.18. The standard InChI is InChI=1S/C9H6I2O/c1-2-3-4-5-6-9(10)7-8-12-11/h2,5-6,8H,1H2/b6-5-. The van der Waals surface area contributed by atoms with Crippen molar-refractivity contribution in [3.8, 4) is 11.8 Å². The van der Waals surface area contributed by atoms with Crippen molar-refractivity contribution in [3.05, 3.63) is 40.4 Å². The van der Waals surface area contributed by atoms with E-state index in [1.54, 1.807) is 35.2 Å². The lowest BCUT2D eigenvalue weighted by Crippen LogP contribution is -1.57. The first kappa shape index (κ1) is 11.8. The van der Waals surface area contributed by atoms with Gasteiger partial charge in [0.2, 0.25) is 0 Å². The van der Waals surface area contributed by atoms with Gasteiger partial charge in [0.1, 0.15) is 6.26 Å². The highest BCUT2D eigenvalue weighted by atomic mass is 127. The van der Waals surface area contributed by atoms with Crippen LogP contribution in [0.25, 0.3) is 0 Å². The second kappa shape index (κ2) is 8.91. The Hall–Kier alpha value is -0.180. The monoisotopic (exact) mass is 384 g/mol. The summed E-state index contributed by atoms with van der Waals surface area (Å²) in [6.07, 6.45) is 6.60. The minimum Gasteiger partial charge on any atom is -0.427 e. The summed E-state index contributed by atoms with van der Waals surface area (Å²) >= 11 is 3.90. The minimum atomic E-state index is 0.933. The van der Waals surface area contributed by atoms with Crippen LogP contribution in [0.5, 0.6) is 0 Å². The quantitative estimate of drug-likeness (QED) is 0.233. The molecule has 0 amide bonds. The summed E-state index contributed by atoms with van der Waals surface area (Å²) in [7, 11) is 0. The predicted molar refractivity (Wildman–Crippen MR) is 67.8 cm³/mol. The molecule has 0 aliphatic heterocycles. The molecule has 0 unspecified atom stereocenters. The van der Waals surface area contributed by atoms with E-state index in [4.69, 9.17) is 0 Å². The van der Waals surface area contributed by atoms with Gasteiger partial charge in [-0.3, -0.25) is 0 Å². The van der Waals surface area contributed by atoms with E-state index in [1.807, 2.05) is 6.08 Å². The van der Waals surface area contributed by atoms with Crippen molar-refractivity contribution < 1.29 is 3.07 Å². The van der Waals surface area contributed by atoms with Crippen LogP contribution >= 0.6 is 45.6 Å². The zero-order chi connectivity index (χ0) is 9.23. The molecule has 0 heterocycles. The maximum atomic E-state index is 4.66. The SMILES string of the molecule is C=CC#C/C=C\C(I)=C=COI. The molecule has 0 N–H and O–H groups in total. The Morgan fingerprint density at radius 3 is 2.75 bits per heavy atom. The first-order valence-electron chi connectivity index (χ1n) is 2.98. The molecule has 12 heavy (non-hydrogen) atoms. The van der Waals surface area contributed by atoms with Crippen LogP contribution in [0.4, 0.5) is 0 Å². The smallest absolute Gasteiger partial charge is 0.192 e. The molecule has 62 valence electrons. The third kappa shape index (κ3) is 7.92. The van der Waals surface area contributed by atoms with E-state index >= 15 is 0 Å². The van der Waals surface area contributed by atoms with Crippen LogP contribution in [0, 0.1) is 11.8 Å². The summed E-state index contributed by atoms with van der Waals surface area (Å²) < 4.78 is 5.60. The molecule has 0 rings (SSSR count). The first-order chi connectivity index (χ1) is 5.81. The van der Waals surface area contributed by atoms with Crippen LogP contribution < -0.4 is 0 Å². The van der Waals surface area contributed by atoms with E-state index in [1.165, 1.54) is 6.26 Å². The van der Waals surface area contributed by atoms with Crippen molar-refractivity contribution >= 4 is 45.6 Å². The molecular formula is C9H6I2O. The van der Waals surface area contributed by atoms with Gasteiger partial charge in [-0.25, -0.2) is 0 Å². The number of hydrogen-bond donors (Lipinski definition) is 0. The van der Waals surface area contributed by atoms with Gasteiger partial charge < -0.3 is 3.07 Å². The third-order valence-corrected chi connectivity index (χ3v) is 1.67. The molecule has 0 aromatic carbocycles. The van der Waals surface area contributed by atoms with E-state index in [9.17, 15) is 0 Å². The van der Waals surface area contributed by atoms with E-state index in [2.05, 4.69) is 49.8 Å². The summed E-state index contributed by atoms with van der Waals surface area (Å²) in [5, 5.41) is 0. The van der Waals surface area contributed by atoms with Crippen molar-refractivity contribution in [2.45, 2.75) is 0 Å². The maximum Gasteiger partial charge on any atom is 0.192 e. The number of allylic oxidation sites excluding steroid dienone is 4. The van der Waals surface area contributed by atoms with Crippen molar-refractivity contribution in [2.75, 3.05) is 0 Å². The Bertz CT molecular complexity index is 285. The Morgan fingerprint density at radius 1 is 1.42 bits per heavy atom. The zero-order valence-corrected chi connectivity index (χ0v) is 10.5. The fourth-order valence-corrected chi connectivity index (χ4v) is 0.783. The van der Waals surface area contributed by atoms with Crippen LogP contribution in [-0.4, -0.2) is 0 Å². The molecule has 0 saturated heterocycles. The molecule has 0 aliphatic carbocycles. The van der Waals surface area contributed by atoms with Crippen LogP contribution in [0.1, 0.15) is 0 Å². The maximum absolute atomic E-state index is 4.66. The first-order valence-corrected chi connectivity index (χ1v) is 4.93. The second-order valence-corrected chi connectivity index (χ2v) is 3.20. The van der Waals surface area contributed by atoms with Crippen molar-refractivity contribution in [1.82, 2.24) is 0 Å². The van der Waals surface area contributed by atoms with Crippen molar-refractivity contribution in [1.29, 1.82) is 0 Å². The summed E-state index contributed by atoms with van der Waals surface area (Å²) in [5.74, 6) is 5.47. The molecule has 0 aliphatic rings. The van der Waals surface area contributed by atoms with Crippen LogP contribution in [0.2, 0.25) is 0 Å². The van der Waals surface area contributed by atoms with Gasteiger partial charge in [0.05, 0.1) is 3.58 Å². The third-order valence-electron chi connectivity index (χ3n) is 0.740. The van der Waals surface area contributed by atoms with E-state index in [0.29, 0.717) is 0 Å². The van der Waals surface area contributed by atoms with Gasteiger partial charge in [-0.05, 0) is 40.8 Å². The molecule has 0 spiro atoms. The van der Waals surface area contributed by atoms with Gasteiger partial charge in [-0.1, -0.05) is 24.2 Å². The average molecular weight is 384 g/mol. The predicted octanol–water partition coefficient (Wildman–Crippen LogP) is 3.53. The van der Waals surface area contributed by atoms with E-state index in [-0.39, 0.29) is 0 Å². The van der Waals surface area contributed by atoms with Crippen molar-refractivity contribution in [3.63, 3.8) is 0 Å². The van der Waals surface area contributed by atoms with Gasteiger partial charge >= 0.3 is 0 Å².